The smallest absolute Gasteiger partial charge is 0.333 e. The predicted molar refractivity (Wildman–Crippen MR) is 109 cm³/mol. The molecule has 0 aromatic heterocycles. The average Bonchev–Trinajstić information content (AvgIpc) is 2.78. The van der Waals surface area contributed by atoms with Gasteiger partial charge in [0.15, 0.2) is 12.6 Å². The summed E-state index contributed by atoms with van der Waals surface area (Å²) < 4.78 is 31.6. The third-order valence-corrected chi connectivity index (χ3v) is 4.23. The van der Waals surface area contributed by atoms with Crippen LogP contribution in [0.1, 0.15) is 22.0 Å². The Morgan fingerprint density at radius 1 is 0.871 bits per heavy atom. The van der Waals surface area contributed by atoms with Gasteiger partial charge in [-0.15, -0.1) is 0 Å². The summed E-state index contributed by atoms with van der Waals surface area (Å²) in [5.41, 5.74) is 0.557. The first-order valence-corrected chi connectivity index (χ1v) is 9.26. The molecule has 1 atom stereocenters. The van der Waals surface area contributed by atoms with Crippen molar-refractivity contribution in [3.8, 4) is 0 Å². The molecule has 6 nitrogen and oxygen atoms in total. The van der Waals surface area contributed by atoms with Crippen molar-refractivity contribution in [2.75, 3.05) is 11.9 Å². The fraction of sp³-hybridized carbons (Fsp3) is 0.0870. The van der Waals surface area contributed by atoms with Gasteiger partial charge in [0.05, 0.1) is 5.69 Å². The van der Waals surface area contributed by atoms with E-state index >= 15 is 0 Å². The summed E-state index contributed by atoms with van der Waals surface area (Å²) in [5, 5.41) is 4.78. The number of anilines is 1. The normalized spacial score (nSPS) is 11.3. The van der Waals surface area contributed by atoms with Crippen LogP contribution < -0.4 is 10.6 Å². The maximum absolute atomic E-state index is 13.7. The second-order valence-electron chi connectivity index (χ2n) is 6.46. The summed E-state index contributed by atoms with van der Waals surface area (Å²) in [7, 11) is 0. The molecule has 0 aliphatic heterocycles. The zero-order chi connectivity index (χ0) is 22.2. The van der Waals surface area contributed by atoms with Crippen molar-refractivity contribution in [3.05, 3.63) is 102 Å². The Bertz CT molecular complexity index is 1080. The Morgan fingerprint density at radius 2 is 1.52 bits per heavy atom. The molecule has 0 fully saturated rings. The highest BCUT2D eigenvalue weighted by molar-refractivity contribution is 5.97. The summed E-state index contributed by atoms with van der Waals surface area (Å²) >= 11 is 0. The number of amides is 2. The molecule has 0 heterocycles. The number of carbonyl (C=O) groups is 3. The van der Waals surface area contributed by atoms with Gasteiger partial charge in [-0.3, -0.25) is 9.59 Å². The highest BCUT2D eigenvalue weighted by Gasteiger charge is 2.25. The number of carbonyl (C=O) groups excluding carboxylic acids is 3. The standard InChI is InChI=1S/C23H18F2N2O4/c24-17-11-12-19(18(25)13-17)26-20(28)14-31-23(30)21(15-7-3-1-4-8-15)27-22(29)16-9-5-2-6-10-16/h1-13,21H,14H2,(H,26,28)(H,27,29). The van der Waals surface area contributed by atoms with Crippen molar-refractivity contribution in [2.24, 2.45) is 0 Å². The SMILES string of the molecule is O=C(COC(=O)C(NC(=O)c1ccccc1)c1ccccc1)Nc1ccc(F)cc1F. The van der Waals surface area contributed by atoms with Crippen molar-refractivity contribution >= 4 is 23.5 Å². The molecule has 0 aliphatic carbocycles. The number of ether oxygens (including phenoxy) is 1. The van der Waals surface area contributed by atoms with Crippen LogP contribution in [-0.4, -0.2) is 24.4 Å². The zero-order valence-electron chi connectivity index (χ0n) is 16.2. The van der Waals surface area contributed by atoms with Gasteiger partial charge in [0.1, 0.15) is 11.6 Å². The van der Waals surface area contributed by atoms with Gasteiger partial charge >= 0.3 is 5.97 Å². The van der Waals surface area contributed by atoms with Gasteiger partial charge in [0.25, 0.3) is 11.8 Å². The number of esters is 1. The molecule has 3 aromatic rings. The lowest BCUT2D eigenvalue weighted by atomic mass is 10.1. The topological polar surface area (TPSA) is 84.5 Å². The Balaban J connectivity index is 1.67. The van der Waals surface area contributed by atoms with E-state index in [4.69, 9.17) is 4.74 Å². The Morgan fingerprint density at radius 3 is 2.16 bits per heavy atom. The Labute approximate surface area is 176 Å². The van der Waals surface area contributed by atoms with Crippen LogP contribution in [0, 0.1) is 11.6 Å². The molecule has 8 heteroatoms. The third kappa shape index (κ3) is 5.96. The van der Waals surface area contributed by atoms with E-state index in [9.17, 15) is 23.2 Å². The Hall–Kier alpha value is -4.07. The number of hydrogen-bond acceptors (Lipinski definition) is 4. The van der Waals surface area contributed by atoms with Crippen LogP contribution in [0.5, 0.6) is 0 Å². The van der Waals surface area contributed by atoms with Crippen molar-refractivity contribution in [3.63, 3.8) is 0 Å². The molecule has 1 unspecified atom stereocenters. The summed E-state index contributed by atoms with van der Waals surface area (Å²) in [6.07, 6.45) is 0. The minimum atomic E-state index is -1.16. The van der Waals surface area contributed by atoms with Crippen LogP contribution in [0.15, 0.2) is 78.9 Å². The summed E-state index contributed by atoms with van der Waals surface area (Å²) in [6, 6.07) is 18.2. The molecule has 0 bridgehead atoms. The van der Waals surface area contributed by atoms with Crippen molar-refractivity contribution < 1.29 is 27.9 Å². The number of rotatable bonds is 7. The van der Waals surface area contributed by atoms with Gasteiger partial charge in [-0.2, -0.15) is 0 Å². The van der Waals surface area contributed by atoms with Crippen LogP contribution in [0.2, 0.25) is 0 Å². The van der Waals surface area contributed by atoms with Gasteiger partial charge in [-0.25, -0.2) is 13.6 Å². The number of nitrogens with one attached hydrogen (secondary N) is 2. The van der Waals surface area contributed by atoms with Gasteiger partial charge in [0.2, 0.25) is 0 Å². The number of hydrogen-bond donors (Lipinski definition) is 2. The molecule has 31 heavy (non-hydrogen) atoms. The maximum Gasteiger partial charge on any atom is 0.333 e. The van der Waals surface area contributed by atoms with Gasteiger partial charge < -0.3 is 15.4 Å². The van der Waals surface area contributed by atoms with E-state index in [1.807, 2.05) is 0 Å². The van der Waals surface area contributed by atoms with E-state index in [-0.39, 0.29) is 5.69 Å². The summed E-state index contributed by atoms with van der Waals surface area (Å²) in [4.78, 5) is 37.2. The monoisotopic (exact) mass is 424 g/mol. The molecular weight excluding hydrogens is 406 g/mol. The second kappa shape index (κ2) is 10.1. The van der Waals surface area contributed by atoms with E-state index in [0.717, 1.165) is 12.1 Å². The van der Waals surface area contributed by atoms with Gasteiger partial charge in [-0.1, -0.05) is 48.5 Å². The summed E-state index contributed by atoms with van der Waals surface area (Å²) in [5.74, 6) is -3.94. The van der Waals surface area contributed by atoms with Gasteiger partial charge in [0, 0.05) is 11.6 Å². The lowest BCUT2D eigenvalue weighted by Crippen LogP contribution is -2.36. The van der Waals surface area contributed by atoms with E-state index in [1.165, 1.54) is 0 Å². The Kier molecular flexibility index (Phi) is 7.05. The molecule has 2 amide bonds. The summed E-state index contributed by atoms with van der Waals surface area (Å²) in [6.45, 7) is -0.722. The minimum absolute atomic E-state index is 0.251. The van der Waals surface area contributed by atoms with Crippen LogP contribution in [0.25, 0.3) is 0 Å². The first-order chi connectivity index (χ1) is 14.9. The molecule has 0 radical (unpaired) electrons. The molecule has 158 valence electrons. The number of benzene rings is 3. The van der Waals surface area contributed by atoms with Crippen molar-refractivity contribution in [2.45, 2.75) is 6.04 Å². The molecule has 3 rings (SSSR count). The fourth-order valence-corrected chi connectivity index (χ4v) is 2.72. The molecule has 2 N–H and O–H groups in total. The fourth-order valence-electron chi connectivity index (χ4n) is 2.72. The molecule has 0 aliphatic rings. The maximum atomic E-state index is 13.7. The van der Waals surface area contributed by atoms with Crippen LogP contribution >= 0.6 is 0 Å². The van der Waals surface area contributed by atoms with Crippen LogP contribution in [0.4, 0.5) is 14.5 Å². The molecule has 3 aromatic carbocycles. The van der Waals surface area contributed by atoms with Crippen molar-refractivity contribution in [1.82, 2.24) is 5.32 Å². The number of halogens is 2. The lowest BCUT2D eigenvalue weighted by molar-refractivity contribution is -0.149. The van der Waals surface area contributed by atoms with E-state index in [2.05, 4.69) is 10.6 Å². The average molecular weight is 424 g/mol. The van der Waals surface area contributed by atoms with Crippen molar-refractivity contribution in [1.29, 1.82) is 0 Å². The molecule has 0 saturated heterocycles. The highest BCUT2D eigenvalue weighted by Crippen LogP contribution is 2.17. The van der Waals surface area contributed by atoms with Crippen LogP contribution in [0.3, 0.4) is 0 Å². The largest absolute Gasteiger partial charge is 0.454 e. The van der Waals surface area contributed by atoms with Gasteiger partial charge in [-0.05, 0) is 29.8 Å². The predicted octanol–water partition coefficient (Wildman–Crippen LogP) is 3.62. The first-order valence-electron chi connectivity index (χ1n) is 9.26. The van der Waals surface area contributed by atoms with E-state index in [0.29, 0.717) is 17.2 Å². The quantitative estimate of drug-likeness (QED) is 0.568. The molecule has 0 saturated carbocycles. The molecule has 0 spiro atoms. The van der Waals surface area contributed by atoms with E-state index in [1.54, 1.807) is 60.7 Å². The van der Waals surface area contributed by atoms with E-state index < -0.39 is 42.1 Å². The first kappa shape index (κ1) is 21.6. The highest BCUT2D eigenvalue weighted by atomic mass is 19.1. The zero-order valence-corrected chi connectivity index (χ0v) is 16.2. The minimum Gasteiger partial charge on any atom is -0.454 e. The van der Waals surface area contributed by atoms with Crippen LogP contribution in [-0.2, 0) is 14.3 Å². The second-order valence-corrected chi connectivity index (χ2v) is 6.46. The lowest BCUT2D eigenvalue weighted by Gasteiger charge is -2.18. The molecular formula is C23H18F2N2O4. The third-order valence-electron chi connectivity index (χ3n) is 4.23.